The molecule has 0 aliphatic carbocycles. The Morgan fingerprint density at radius 2 is 1.70 bits per heavy atom. The standard InChI is InChI=1S/C19H18F3NO4/c1-3-27-17(24)18(25,19(20,21)22)14-6-8-15(9-7-14)23-12-13-4-10-16(26-2)11-5-13/h4-12,25H,3H2,1-2H3. The second-order valence-corrected chi connectivity index (χ2v) is 5.51. The van der Waals surface area contributed by atoms with Crippen molar-refractivity contribution in [1.82, 2.24) is 0 Å². The number of halogens is 3. The molecule has 8 heteroatoms. The van der Waals surface area contributed by atoms with Gasteiger partial charge in [0.25, 0.3) is 5.60 Å². The van der Waals surface area contributed by atoms with E-state index >= 15 is 0 Å². The molecule has 0 spiro atoms. The second kappa shape index (κ2) is 8.22. The monoisotopic (exact) mass is 381 g/mol. The number of carbonyl (C=O) groups excluding carboxylic acids is 1. The average molecular weight is 381 g/mol. The van der Waals surface area contributed by atoms with E-state index in [-0.39, 0.29) is 6.61 Å². The topological polar surface area (TPSA) is 68.1 Å². The third-order valence-electron chi connectivity index (χ3n) is 3.74. The molecular weight excluding hydrogens is 363 g/mol. The Balaban J connectivity index is 2.25. The highest BCUT2D eigenvalue weighted by Crippen LogP contribution is 2.40. The zero-order valence-corrected chi connectivity index (χ0v) is 14.7. The van der Waals surface area contributed by atoms with Gasteiger partial charge in [0, 0.05) is 11.8 Å². The van der Waals surface area contributed by atoms with Crippen LogP contribution in [-0.4, -0.2) is 37.2 Å². The smallest absolute Gasteiger partial charge is 0.432 e. The number of esters is 1. The number of carbonyl (C=O) groups is 1. The number of methoxy groups -OCH3 is 1. The lowest BCUT2D eigenvalue weighted by atomic mass is 9.93. The van der Waals surface area contributed by atoms with Gasteiger partial charge in [-0.1, -0.05) is 12.1 Å². The van der Waals surface area contributed by atoms with E-state index in [1.807, 2.05) is 0 Å². The number of ether oxygens (including phenoxy) is 2. The van der Waals surface area contributed by atoms with Crippen LogP contribution in [0.4, 0.5) is 18.9 Å². The summed E-state index contributed by atoms with van der Waals surface area (Å²) in [4.78, 5) is 15.9. The summed E-state index contributed by atoms with van der Waals surface area (Å²) in [6.45, 7) is 1.06. The maximum atomic E-state index is 13.3. The first-order chi connectivity index (χ1) is 12.7. The number of hydrogen-bond acceptors (Lipinski definition) is 5. The molecule has 0 aliphatic rings. The number of nitrogens with zero attached hydrogens (tertiary/aromatic N) is 1. The molecule has 0 fully saturated rings. The van der Waals surface area contributed by atoms with Crippen LogP contribution < -0.4 is 4.74 Å². The van der Waals surface area contributed by atoms with Crippen LogP contribution in [0.15, 0.2) is 53.5 Å². The molecule has 27 heavy (non-hydrogen) atoms. The van der Waals surface area contributed by atoms with Crippen molar-refractivity contribution in [3.63, 3.8) is 0 Å². The van der Waals surface area contributed by atoms with Gasteiger partial charge in [0.1, 0.15) is 5.75 Å². The van der Waals surface area contributed by atoms with Gasteiger partial charge < -0.3 is 14.6 Å². The largest absolute Gasteiger partial charge is 0.497 e. The summed E-state index contributed by atoms with van der Waals surface area (Å²) in [5.41, 5.74) is -3.26. The molecule has 144 valence electrons. The van der Waals surface area contributed by atoms with Crippen molar-refractivity contribution in [2.24, 2.45) is 4.99 Å². The SMILES string of the molecule is CCOC(=O)C(O)(c1ccc(N=Cc2ccc(OC)cc2)cc1)C(F)(F)F. The first-order valence-corrected chi connectivity index (χ1v) is 7.97. The summed E-state index contributed by atoms with van der Waals surface area (Å²) < 4.78 is 49.4. The number of aliphatic hydroxyl groups is 1. The summed E-state index contributed by atoms with van der Waals surface area (Å²) in [6, 6.07) is 11.5. The van der Waals surface area contributed by atoms with Gasteiger partial charge in [-0.2, -0.15) is 13.2 Å². The lowest BCUT2D eigenvalue weighted by Crippen LogP contribution is -2.50. The summed E-state index contributed by atoms with van der Waals surface area (Å²) in [5.74, 6) is -1.09. The predicted molar refractivity (Wildman–Crippen MR) is 93.3 cm³/mol. The Kier molecular flexibility index (Phi) is 6.22. The van der Waals surface area contributed by atoms with Gasteiger partial charge >= 0.3 is 12.1 Å². The molecule has 2 rings (SSSR count). The van der Waals surface area contributed by atoms with Crippen LogP contribution in [0, 0.1) is 0 Å². The zero-order chi connectivity index (χ0) is 20.1. The molecule has 2 aromatic rings. The first kappa shape index (κ1) is 20.4. The minimum atomic E-state index is -5.23. The molecule has 1 atom stereocenters. The van der Waals surface area contributed by atoms with Crippen LogP contribution in [0.3, 0.4) is 0 Å². The third kappa shape index (κ3) is 4.46. The van der Waals surface area contributed by atoms with E-state index in [2.05, 4.69) is 9.73 Å². The highest BCUT2D eigenvalue weighted by atomic mass is 19.4. The van der Waals surface area contributed by atoms with E-state index < -0.39 is 23.3 Å². The minimum Gasteiger partial charge on any atom is -0.497 e. The minimum absolute atomic E-state index is 0.290. The van der Waals surface area contributed by atoms with Crippen molar-refractivity contribution >= 4 is 17.9 Å². The van der Waals surface area contributed by atoms with E-state index in [0.29, 0.717) is 11.4 Å². The Bertz CT molecular complexity index is 801. The molecule has 0 saturated carbocycles. The van der Waals surface area contributed by atoms with Crippen LogP contribution in [0.1, 0.15) is 18.1 Å². The first-order valence-electron chi connectivity index (χ1n) is 7.97. The van der Waals surface area contributed by atoms with Crippen molar-refractivity contribution in [2.75, 3.05) is 13.7 Å². The summed E-state index contributed by atoms with van der Waals surface area (Å²) in [6.07, 6.45) is -3.71. The van der Waals surface area contributed by atoms with Crippen molar-refractivity contribution in [1.29, 1.82) is 0 Å². The van der Waals surface area contributed by atoms with Crippen LogP contribution in [0.2, 0.25) is 0 Å². The highest BCUT2D eigenvalue weighted by Gasteiger charge is 2.62. The van der Waals surface area contributed by atoms with Gasteiger partial charge in [-0.15, -0.1) is 0 Å². The van der Waals surface area contributed by atoms with E-state index in [1.165, 1.54) is 25.3 Å². The van der Waals surface area contributed by atoms with Crippen LogP contribution >= 0.6 is 0 Å². The fraction of sp³-hybridized carbons (Fsp3) is 0.263. The molecule has 0 saturated heterocycles. The highest BCUT2D eigenvalue weighted by molar-refractivity contribution is 5.83. The molecule has 0 aliphatic heterocycles. The van der Waals surface area contributed by atoms with E-state index in [1.54, 1.807) is 31.4 Å². The normalized spacial score (nSPS) is 14.0. The maximum Gasteiger partial charge on any atom is 0.432 e. The Morgan fingerprint density at radius 1 is 1.11 bits per heavy atom. The number of benzene rings is 2. The summed E-state index contributed by atoms with van der Waals surface area (Å²) >= 11 is 0. The fourth-order valence-electron chi connectivity index (χ4n) is 2.26. The fourth-order valence-corrected chi connectivity index (χ4v) is 2.26. The Labute approximate surface area is 154 Å². The number of aliphatic imine (C=N–C) groups is 1. The van der Waals surface area contributed by atoms with E-state index in [4.69, 9.17) is 4.74 Å². The van der Waals surface area contributed by atoms with Crippen molar-refractivity contribution in [2.45, 2.75) is 18.7 Å². The molecule has 2 aromatic carbocycles. The molecule has 1 unspecified atom stereocenters. The molecular formula is C19H18F3NO4. The van der Waals surface area contributed by atoms with Crippen molar-refractivity contribution in [3.8, 4) is 5.75 Å². The number of alkyl halides is 3. The Morgan fingerprint density at radius 3 is 2.19 bits per heavy atom. The lowest BCUT2D eigenvalue weighted by Gasteiger charge is -2.28. The number of hydrogen-bond donors (Lipinski definition) is 1. The van der Waals surface area contributed by atoms with Gasteiger partial charge in [0.05, 0.1) is 19.4 Å². The van der Waals surface area contributed by atoms with Gasteiger partial charge in [-0.3, -0.25) is 4.99 Å². The van der Waals surface area contributed by atoms with Crippen molar-refractivity contribution < 1.29 is 32.5 Å². The Hall–Kier alpha value is -2.87. The summed E-state index contributed by atoms with van der Waals surface area (Å²) in [7, 11) is 1.54. The number of rotatable bonds is 6. The summed E-state index contributed by atoms with van der Waals surface area (Å²) in [5, 5.41) is 10.0. The molecule has 0 amide bonds. The molecule has 0 aromatic heterocycles. The van der Waals surface area contributed by atoms with Gasteiger partial charge in [0.2, 0.25) is 0 Å². The van der Waals surface area contributed by atoms with E-state index in [0.717, 1.165) is 17.7 Å². The third-order valence-corrected chi connectivity index (χ3v) is 3.74. The zero-order valence-electron chi connectivity index (χ0n) is 14.7. The average Bonchev–Trinajstić information content (AvgIpc) is 2.65. The van der Waals surface area contributed by atoms with Crippen LogP contribution in [0.5, 0.6) is 5.75 Å². The van der Waals surface area contributed by atoms with Crippen LogP contribution in [0.25, 0.3) is 0 Å². The van der Waals surface area contributed by atoms with Crippen molar-refractivity contribution in [3.05, 3.63) is 59.7 Å². The molecule has 0 bridgehead atoms. The quantitative estimate of drug-likeness (QED) is 0.611. The van der Waals surface area contributed by atoms with Gasteiger partial charge in [0.15, 0.2) is 0 Å². The van der Waals surface area contributed by atoms with Crippen LogP contribution in [-0.2, 0) is 15.1 Å². The van der Waals surface area contributed by atoms with Gasteiger partial charge in [-0.25, -0.2) is 4.79 Å². The molecule has 5 nitrogen and oxygen atoms in total. The predicted octanol–water partition coefficient (Wildman–Crippen LogP) is 3.76. The molecule has 0 radical (unpaired) electrons. The lowest BCUT2D eigenvalue weighted by molar-refractivity contribution is -0.267. The second-order valence-electron chi connectivity index (χ2n) is 5.51. The van der Waals surface area contributed by atoms with Gasteiger partial charge in [-0.05, 0) is 48.9 Å². The van der Waals surface area contributed by atoms with E-state index in [9.17, 15) is 23.1 Å². The molecule has 1 N–H and O–H groups in total. The maximum absolute atomic E-state index is 13.3. The molecule has 0 heterocycles.